The van der Waals surface area contributed by atoms with Crippen molar-refractivity contribution >= 4 is 0 Å². The molecule has 1 heteroatoms. The highest BCUT2D eigenvalue weighted by atomic mass is 16.3. The van der Waals surface area contributed by atoms with Crippen molar-refractivity contribution in [3.05, 3.63) is 34.9 Å². The number of rotatable bonds is 2. The van der Waals surface area contributed by atoms with Crippen molar-refractivity contribution in [3.8, 4) is 0 Å². The first-order chi connectivity index (χ1) is 10.6. The van der Waals surface area contributed by atoms with Gasteiger partial charge in [-0.1, -0.05) is 52.3 Å². The molecule has 2 aliphatic carbocycles. The number of aryl methyl sites for hydroxylation is 1. The summed E-state index contributed by atoms with van der Waals surface area (Å²) in [7, 11) is 0. The highest BCUT2D eigenvalue weighted by Crippen LogP contribution is 2.57. The van der Waals surface area contributed by atoms with Gasteiger partial charge in [0.1, 0.15) is 0 Å². The minimum atomic E-state index is -1.27. The summed E-state index contributed by atoms with van der Waals surface area (Å²) in [4.78, 5) is 0. The van der Waals surface area contributed by atoms with E-state index in [0.717, 1.165) is 19.3 Å². The minimum Gasteiger partial charge on any atom is -0.396 e. The summed E-state index contributed by atoms with van der Waals surface area (Å²) < 4.78 is 17.6. The number of hydrogen-bond acceptors (Lipinski definition) is 1. The van der Waals surface area contributed by atoms with Crippen molar-refractivity contribution in [1.82, 2.24) is 0 Å². The van der Waals surface area contributed by atoms with Crippen LogP contribution in [0.3, 0.4) is 0 Å². The fourth-order valence-electron chi connectivity index (χ4n) is 4.74. The zero-order valence-electron chi connectivity index (χ0n) is 15.9. The van der Waals surface area contributed by atoms with Crippen LogP contribution in [0.1, 0.15) is 78.7 Å². The normalized spacial score (nSPS) is 39.2. The Morgan fingerprint density at radius 1 is 1.33 bits per heavy atom. The first kappa shape index (κ1) is 12.7. The Labute approximate surface area is 132 Å². The van der Waals surface area contributed by atoms with Crippen LogP contribution in [-0.2, 0) is 11.8 Å². The predicted octanol–water partition coefficient (Wildman–Crippen LogP) is 4.81. The number of aliphatic hydroxyl groups is 1. The van der Waals surface area contributed by atoms with Gasteiger partial charge in [-0.2, -0.15) is 0 Å². The van der Waals surface area contributed by atoms with Crippen molar-refractivity contribution in [2.24, 2.45) is 11.3 Å². The molecule has 0 aromatic heterocycles. The maximum atomic E-state index is 10.0. The van der Waals surface area contributed by atoms with Crippen molar-refractivity contribution < 1.29 is 7.85 Å². The second-order valence-electron chi connectivity index (χ2n) is 7.97. The van der Waals surface area contributed by atoms with E-state index >= 15 is 0 Å². The molecule has 3 atom stereocenters. The van der Waals surface area contributed by atoms with E-state index in [1.165, 1.54) is 16.7 Å². The number of hydrogen-bond donors (Lipinski definition) is 1. The van der Waals surface area contributed by atoms with Gasteiger partial charge in [0.2, 0.25) is 0 Å². The van der Waals surface area contributed by atoms with Crippen LogP contribution in [-0.4, -0.2) is 11.7 Å². The summed E-state index contributed by atoms with van der Waals surface area (Å²) in [6.07, 6.45) is 2.20. The standard InChI is InChI=1S/C20H30O/c1-14(2)15-6-8-17-16(12-15)7-9-18-19(3,13-21)10-5-11-20(17,18)4/h6,8,12,14,18,21H,5,7,9-11,13H2,1-4H3/t18?,19-,20+/m0/s1/i9D2. The molecular weight excluding hydrogens is 256 g/mol. The second-order valence-corrected chi connectivity index (χ2v) is 7.97. The van der Waals surface area contributed by atoms with Gasteiger partial charge in [-0.05, 0) is 65.0 Å². The van der Waals surface area contributed by atoms with Gasteiger partial charge in [-0.3, -0.25) is 0 Å². The van der Waals surface area contributed by atoms with Crippen molar-refractivity contribution in [1.29, 1.82) is 0 Å². The summed E-state index contributed by atoms with van der Waals surface area (Å²) in [6, 6.07) is 6.69. The number of fused-ring (bicyclic) bond motifs is 3. The van der Waals surface area contributed by atoms with Crippen LogP contribution in [0.15, 0.2) is 18.2 Å². The molecule has 0 saturated heterocycles. The summed E-state index contributed by atoms with van der Waals surface area (Å²) >= 11 is 0. The van der Waals surface area contributed by atoms with Gasteiger partial charge in [0.15, 0.2) is 0 Å². The second kappa shape index (κ2) is 5.12. The smallest absolute Gasteiger partial charge is 0.0487 e. The van der Waals surface area contributed by atoms with Crippen LogP contribution in [0.25, 0.3) is 0 Å². The predicted molar refractivity (Wildman–Crippen MR) is 88.7 cm³/mol. The highest BCUT2D eigenvalue weighted by Gasteiger charge is 2.51. The summed E-state index contributed by atoms with van der Waals surface area (Å²) in [6.45, 7) is 8.77. The monoisotopic (exact) mass is 288 g/mol. The Bertz CT molecular complexity index is 610. The average Bonchev–Trinajstić information content (AvgIpc) is 2.45. The van der Waals surface area contributed by atoms with Crippen molar-refractivity contribution in [2.75, 3.05) is 6.61 Å². The van der Waals surface area contributed by atoms with E-state index in [-0.39, 0.29) is 23.4 Å². The molecule has 1 nitrogen and oxygen atoms in total. The third-order valence-corrected chi connectivity index (χ3v) is 6.05. The van der Waals surface area contributed by atoms with E-state index in [4.69, 9.17) is 2.74 Å². The SMILES string of the molecule is [2H]C1([2H])Cc2cc(C(C)C)ccc2[C@@]2(C)CCC[C@@](C)(CO)C12. The molecule has 0 amide bonds. The molecule has 2 aliphatic rings. The molecule has 0 bridgehead atoms. The van der Waals surface area contributed by atoms with Gasteiger partial charge in [-0.25, -0.2) is 0 Å². The van der Waals surface area contributed by atoms with Crippen LogP contribution in [0.5, 0.6) is 0 Å². The number of benzene rings is 1. The first-order valence-electron chi connectivity index (χ1n) is 9.38. The third kappa shape index (κ3) is 2.25. The summed E-state index contributed by atoms with van der Waals surface area (Å²) in [5.41, 5.74) is 3.29. The first-order valence-corrected chi connectivity index (χ1v) is 8.38. The van der Waals surface area contributed by atoms with Crippen LogP contribution < -0.4 is 0 Å². The number of aliphatic hydroxyl groups excluding tert-OH is 1. The molecule has 0 radical (unpaired) electrons. The van der Waals surface area contributed by atoms with Crippen LogP contribution >= 0.6 is 0 Å². The average molecular weight is 288 g/mol. The molecule has 1 aromatic carbocycles. The summed E-state index contributed by atoms with van der Waals surface area (Å²) in [5, 5.41) is 10.0. The molecule has 1 unspecified atom stereocenters. The lowest BCUT2D eigenvalue weighted by molar-refractivity contribution is -0.0179. The van der Waals surface area contributed by atoms with Crippen molar-refractivity contribution in [2.45, 2.75) is 71.1 Å². The molecule has 1 saturated carbocycles. The molecule has 1 N–H and O–H groups in total. The van der Waals surface area contributed by atoms with Gasteiger partial charge >= 0.3 is 0 Å². The third-order valence-electron chi connectivity index (χ3n) is 6.05. The van der Waals surface area contributed by atoms with E-state index in [1.807, 2.05) is 0 Å². The van der Waals surface area contributed by atoms with E-state index < -0.39 is 6.37 Å². The zero-order chi connectivity index (χ0) is 17.0. The van der Waals surface area contributed by atoms with Gasteiger partial charge in [-0.15, -0.1) is 0 Å². The molecule has 0 heterocycles. The Morgan fingerprint density at radius 2 is 2.10 bits per heavy atom. The zero-order valence-corrected chi connectivity index (χ0v) is 13.9. The maximum Gasteiger partial charge on any atom is 0.0487 e. The molecule has 1 fully saturated rings. The lowest BCUT2D eigenvalue weighted by atomic mass is 9.50. The Hall–Kier alpha value is -0.820. The molecule has 0 aliphatic heterocycles. The van der Waals surface area contributed by atoms with Crippen LogP contribution in [0.2, 0.25) is 0 Å². The maximum absolute atomic E-state index is 10.0. The fourth-order valence-corrected chi connectivity index (χ4v) is 4.74. The van der Waals surface area contributed by atoms with Crippen LogP contribution in [0, 0.1) is 11.3 Å². The largest absolute Gasteiger partial charge is 0.396 e. The van der Waals surface area contributed by atoms with E-state index in [2.05, 4.69) is 45.9 Å². The molecule has 116 valence electrons. The van der Waals surface area contributed by atoms with Gasteiger partial charge in [0, 0.05) is 9.35 Å². The fraction of sp³-hybridized carbons (Fsp3) is 0.700. The van der Waals surface area contributed by atoms with Crippen LogP contribution in [0.4, 0.5) is 0 Å². The molecule has 21 heavy (non-hydrogen) atoms. The molecule has 0 spiro atoms. The Kier molecular flexibility index (Phi) is 3.10. The van der Waals surface area contributed by atoms with Gasteiger partial charge in [0.05, 0.1) is 0 Å². The minimum absolute atomic E-state index is 0.0756. The molecule has 3 rings (SSSR count). The summed E-state index contributed by atoms with van der Waals surface area (Å²) in [5.74, 6) is 0.337. The van der Waals surface area contributed by atoms with E-state index in [0.29, 0.717) is 12.3 Å². The lowest BCUT2D eigenvalue weighted by Gasteiger charge is -2.55. The Balaban J connectivity index is 2.18. The van der Waals surface area contributed by atoms with Gasteiger partial charge in [0.25, 0.3) is 0 Å². The highest BCUT2D eigenvalue weighted by molar-refractivity contribution is 5.42. The molecular formula is C20H30O. The molecule has 1 aromatic rings. The van der Waals surface area contributed by atoms with Crippen molar-refractivity contribution in [3.63, 3.8) is 0 Å². The Morgan fingerprint density at radius 3 is 2.76 bits per heavy atom. The lowest BCUT2D eigenvalue weighted by Crippen LogP contribution is -2.50. The van der Waals surface area contributed by atoms with Gasteiger partial charge < -0.3 is 5.11 Å². The topological polar surface area (TPSA) is 20.2 Å². The van der Waals surface area contributed by atoms with E-state index in [1.54, 1.807) is 0 Å². The quantitative estimate of drug-likeness (QED) is 0.827. The van der Waals surface area contributed by atoms with E-state index in [9.17, 15) is 5.11 Å².